The third-order valence-electron chi connectivity index (χ3n) is 2.57. The molecule has 88 valence electrons. The first kappa shape index (κ1) is 11.4. The second-order valence-electron chi connectivity index (χ2n) is 4.86. The van der Waals surface area contributed by atoms with E-state index < -0.39 is 0 Å². The zero-order valence-corrected chi connectivity index (χ0v) is 9.90. The maximum absolute atomic E-state index is 5.70. The molecule has 0 amide bonds. The number of ether oxygens (including phenoxy) is 2. The highest BCUT2D eigenvalue weighted by Crippen LogP contribution is 2.13. The largest absolute Gasteiger partial charge is 0.492 e. The quantitative estimate of drug-likeness (QED) is 0.844. The Balaban J connectivity index is 1.82. The summed E-state index contributed by atoms with van der Waals surface area (Å²) in [6, 6.07) is 10.1. The van der Waals surface area contributed by atoms with E-state index >= 15 is 0 Å². The average molecular weight is 221 g/mol. The van der Waals surface area contributed by atoms with Gasteiger partial charge in [0.25, 0.3) is 0 Å². The molecule has 1 heterocycles. The molecule has 1 aliphatic rings. The lowest BCUT2D eigenvalue weighted by Crippen LogP contribution is -2.57. The van der Waals surface area contributed by atoms with Gasteiger partial charge in [0.05, 0.1) is 19.3 Å². The number of hydrogen-bond donors (Lipinski definition) is 1. The van der Waals surface area contributed by atoms with Crippen molar-refractivity contribution in [3.8, 4) is 5.75 Å². The maximum atomic E-state index is 5.70. The van der Waals surface area contributed by atoms with Crippen molar-refractivity contribution in [1.82, 2.24) is 5.32 Å². The van der Waals surface area contributed by atoms with Crippen LogP contribution in [0.25, 0.3) is 0 Å². The maximum Gasteiger partial charge on any atom is 0.119 e. The molecule has 3 heteroatoms. The molecule has 0 aliphatic carbocycles. The van der Waals surface area contributed by atoms with E-state index in [-0.39, 0.29) is 11.6 Å². The van der Waals surface area contributed by atoms with Crippen molar-refractivity contribution >= 4 is 0 Å². The topological polar surface area (TPSA) is 30.5 Å². The van der Waals surface area contributed by atoms with Gasteiger partial charge < -0.3 is 14.8 Å². The van der Waals surface area contributed by atoms with Crippen LogP contribution in [-0.4, -0.2) is 31.4 Å². The lowest BCUT2D eigenvalue weighted by Gasteiger charge is -2.36. The number of benzene rings is 1. The molecule has 1 aliphatic heterocycles. The van der Waals surface area contributed by atoms with Gasteiger partial charge in [-0.05, 0) is 26.0 Å². The Hall–Kier alpha value is -1.06. The van der Waals surface area contributed by atoms with Crippen LogP contribution in [0.4, 0.5) is 0 Å². The first-order valence-corrected chi connectivity index (χ1v) is 5.69. The Morgan fingerprint density at radius 1 is 1.38 bits per heavy atom. The minimum absolute atomic E-state index is 0.0446. The summed E-state index contributed by atoms with van der Waals surface area (Å²) >= 11 is 0. The molecule has 0 spiro atoms. The molecule has 0 bridgehead atoms. The molecular formula is C13H19NO2. The van der Waals surface area contributed by atoms with Gasteiger partial charge in [0.1, 0.15) is 12.4 Å². The molecule has 1 aromatic rings. The van der Waals surface area contributed by atoms with Gasteiger partial charge in [-0.3, -0.25) is 0 Å². The average Bonchev–Trinajstić information content (AvgIpc) is 2.27. The van der Waals surface area contributed by atoms with E-state index in [1.54, 1.807) is 0 Å². The third kappa shape index (κ3) is 3.22. The highest BCUT2D eigenvalue weighted by Gasteiger charge is 2.27. The van der Waals surface area contributed by atoms with E-state index in [0.29, 0.717) is 6.61 Å². The van der Waals surface area contributed by atoms with Gasteiger partial charge >= 0.3 is 0 Å². The zero-order valence-electron chi connectivity index (χ0n) is 9.90. The van der Waals surface area contributed by atoms with Crippen LogP contribution < -0.4 is 10.1 Å². The fourth-order valence-corrected chi connectivity index (χ4v) is 1.90. The molecule has 1 unspecified atom stereocenters. The monoisotopic (exact) mass is 221 g/mol. The minimum atomic E-state index is 0.0446. The summed E-state index contributed by atoms with van der Waals surface area (Å²) in [6.07, 6.45) is 0. The van der Waals surface area contributed by atoms with Gasteiger partial charge in [-0.2, -0.15) is 0 Å². The van der Waals surface area contributed by atoms with Crippen molar-refractivity contribution in [2.45, 2.75) is 25.4 Å². The number of hydrogen-bond acceptors (Lipinski definition) is 3. The smallest absolute Gasteiger partial charge is 0.119 e. The molecule has 3 nitrogen and oxygen atoms in total. The van der Waals surface area contributed by atoms with E-state index in [9.17, 15) is 0 Å². The number of para-hydroxylation sites is 1. The van der Waals surface area contributed by atoms with Crippen LogP contribution in [0.2, 0.25) is 0 Å². The van der Waals surface area contributed by atoms with Crippen molar-refractivity contribution in [2.24, 2.45) is 0 Å². The van der Waals surface area contributed by atoms with Crippen molar-refractivity contribution < 1.29 is 9.47 Å². The van der Waals surface area contributed by atoms with Gasteiger partial charge in [0, 0.05) is 5.54 Å². The normalized spacial score (nSPS) is 24.0. The Labute approximate surface area is 96.8 Å². The second kappa shape index (κ2) is 4.85. The molecule has 1 atom stereocenters. The van der Waals surface area contributed by atoms with Crippen molar-refractivity contribution in [1.29, 1.82) is 0 Å². The van der Waals surface area contributed by atoms with Crippen LogP contribution in [0, 0.1) is 0 Å². The second-order valence-corrected chi connectivity index (χ2v) is 4.86. The number of nitrogens with one attached hydrogen (secondary N) is 1. The predicted molar refractivity (Wildman–Crippen MR) is 63.8 cm³/mol. The lowest BCUT2D eigenvalue weighted by atomic mass is 10.0. The molecule has 1 saturated heterocycles. The van der Waals surface area contributed by atoms with Gasteiger partial charge in [-0.1, -0.05) is 18.2 Å². The van der Waals surface area contributed by atoms with E-state index in [1.165, 1.54) is 0 Å². The number of morpholine rings is 1. The summed E-state index contributed by atoms with van der Waals surface area (Å²) in [5, 5.41) is 3.51. The van der Waals surface area contributed by atoms with E-state index in [1.807, 2.05) is 30.3 Å². The van der Waals surface area contributed by atoms with Crippen molar-refractivity contribution in [3.63, 3.8) is 0 Å². The van der Waals surface area contributed by atoms with Crippen LogP contribution in [-0.2, 0) is 4.74 Å². The summed E-state index contributed by atoms with van der Waals surface area (Å²) in [4.78, 5) is 0. The van der Waals surface area contributed by atoms with Crippen LogP contribution >= 0.6 is 0 Å². The molecular weight excluding hydrogens is 202 g/mol. The standard InChI is InChI=1S/C13H19NO2/c1-13(2)10-15-8-11(14-13)9-16-12-6-4-3-5-7-12/h3-7,11,14H,8-10H2,1-2H3. The molecule has 16 heavy (non-hydrogen) atoms. The predicted octanol–water partition coefficient (Wildman–Crippen LogP) is 1.83. The third-order valence-corrected chi connectivity index (χ3v) is 2.57. The minimum Gasteiger partial charge on any atom is -0.492 e. The van der Waals surface area contributed by atoms with Gasteiger partial charge in [-0.15, -0.1) is 0 Å². The lowest BCUT2D eigenvalue weighted by molar-refractivity contribution is 0.000948. The SMILES string of the molecule is CC1(C)COCC(COc2ccccc2)N1. The molecule has 0 aromatic heterocycles. The van der Waals surface area contributed by atoms with Gasteiger partial charge in [0.15, 0.2) is 0 Å². The molecule has 1 aromatic carbocycles. The van der Waals surface area contributed by atoms with Crippen molar-refractivity contribution in [3.05, 3.63) is 30.3 Å². The summed E-state index contributed by atoms with van der Waals surface area (Å²) in [7, 11) is 0. The Kier molecular flexibility index (Phi) is 3.46. The van der Waals surface area contributed by atoms with Crippen LogP contribution in [0.3, 0.4) is 0 Å². The summed E-state index contributed by atoms with van der Waals surface area (Å²) in [5.41, 5.74) is 0.0446. The summed E-state index contributed by atoms with van der Waals surface area (Å²) in [5.74, 6) is 0.910. The van der Waals surface area contributed by atoms with Gasteiger partial charge in [-0.25, -0.2) is 0 Å². The first-order chi connectivity index (χ1) is 7.66. The molecule has 1 N–H and O–H groups in total. The highest BCUT2D eigenvalue weighted by atomic mass is 16.5. The van der Waals surface area contributed by atoms with Crippen LogP contribution in [0.5, 0.6) is 5.75 Å². The van der Waals surface area contributed by atoms with Crippen LogP contribution in [0.15, 0.2) is 30.3 Å². The van der Waals surface area contributed by atoms with E-state index in [2.05, 4.69) is 19.2 Å². The number of rotatable bonds is 3. The summed E-state index contributed by atoms with van der Waals surface area (Å²) in [6.45, 7) is 6.40. The fraction of sp³-hybridized carbons (Fsp3) is 0.538. The van der Waals surface area contributed by atoms with E-state index in [0.717, 1.165) is 19.0 Å². The van der Waals surface area contributed by atoms with E-state index in [4.69, 9.17) is 9.47 Å². The summed E-state index contributed by atoms with van der Waals surface area (Å²) < 4.78 is 11.2. The fourth-order valence-electron chi connectivity index (χ4n) is 1.90. The Bertz CT molecular complexity index is 324. The Morgan fingerprint density at radius 2 is 2.12 bits per heavy atom. The molecule has 0 saturated carbocycles. The molecule has 2 rings (SSSR count). The van der Waals surface area contributed by atoms with Gasteiger partial charge in [0.2, 0.25) is 0 Å². The molecule has 0 radical (unpaired) electrons. The Morgan fingerprint density at radius 3 is 2.81 bits per heavy atom. The van der Waals surface area contributed by atoms with Crippen molar-refractivity contribution in [2.75, 3.05) is 19.8 Å². The van der Waals surface area contributed by atoms with Crippen LogP contribution in [0.1, 0.15) is 13.8 Å². The zero-order chi connectivity index (χ0) is 11.4. The highest BCUT2D eigenvalue weighted by molar-refractivity contribution is 5.20. The first-order valence-electron chi connectivity index (χ1n) is 5.69. The molecule has 1 fully saturated rings.